The Morgan fingerprint density at radius 3 is 1.57 bits per heavy atom. The van der Waals surface area contributed by atoms with Crippen LogP contribution in [0, 0.1) is 5.92 Å². The molecule has 0 N–H and O–H groups in total. The van der Waals surface area contributed by atoms with Gasteiger partial charge in [0, 0.05) is 25.7 Å². The fraction of sp³-hybridized carbons (Fsp3) is 0.833. The second kappa shape index (κ2) is 7.72. The molecule has 0 spiro atoms. The molecule has 0 radical (unpaired) electrons. The molecule has 0 heterocycles. The first-order chi connectivity index (χ1) is 6.60. The van der Waals surface area contributed by atoms with Crippen LogP contribution in [-0.4, -0.2) is 11.6 Å². The molecule has 0 atom stereocenters. The van der Waals surface area contributed by atoms with Crippen LogP contribution in [0.25, 0.3) is 0 Å². The molecule has 0 aliphatic carbocycles. The zero-order valence-corrected chi connectivity index (χ0v) is 9.64. The molecule has 0 aromatic rings. The molecular formula is C12H22O2. The maximum Gasteiger partial charge on any atom is 0.133 e. The van der Waals surface area contributed by atoms with Gasteiger partial charge in [0.15, 0.2) is 0 Å². The third-order valence-electron chi connectivity index (χ3n) is 2.21. The smallest absolute Gasteiger partial charge is 0.133 e. The molecule has 0 unspecified atom stereocenters. The second-order valence-electron chi connectivity index (χ2n) is 4.09. The summed E-state index contributed by atoms with van der Waals surface area (Å²) in [6, 6.07) is 0. The van der Waals surface area contributed by atoms with E-state index in [1.54, 1.807) is 0 Å². The zero-order valence-electron chi connectivity index (χ0n) is 9.64. The Kier molecular flexibility index (Phi) is 7.35. The van der Waals surface area contributed by atoms with Crippen LogP contribution in [-0.2, 0) is 9.59 Å². The van der Waals surface area contributed by atoms with Gasteiger partial charge in [0.1, 0.15) is 11.6 Å². The molecule has 0 rings (SSSR count). The zero-order chi connectivity index (χ0) is 11.0. The lowest BCUT2D eigenvalue weighted by molar-refractivity contribution is -0.121. The Labute approximate surface area is 87.1 Å². The van der Waals surface area contributed by atoms with E-state index in [4.69, 9.17) is 0 Å². The van der Waals surface area contributed by atoms with E-state index in [2.05, 4.69) is 0 Å². The fourth-order valence-corrected chi connectivity index (χ4v) is 1.61. The summed E-state index contributed by atoms with van der Waals surface area (Å²) in [6.45, 7) is 6.00. The van der Waals surface area contributed by atoms with Crippen LogP contribution in [0.1, 0.15) is 59.3 Å². The molecule has 0 aromatic carbocycles. The SMILES string of the molecule is CCCC(=O)CC(C)CC(=O)CCC. The highest BCUT2D eigenvalue weighted by molar-refractivity contribution is 5.81. The molecule has 0 saturated carbocycles. The average molecular weight is 198 g/mol. The van der Waals surface area contributed by atoms with Crippen molar-refractivity contribution in [1.29, 1.82) is 0 Å². The Bertz CT molecular complexity index is 165. The topological polar surface area (TPSA) is 34.1 Å². The van der Waals surface area contributed by atoms with Gasteiger partial charge >= 0.3 is 0 Å². The van der Waals surface area contributed by atoms with E-state index in [1.165, 1.54) is 0 Å². The third kappa shape index (κ3) is 6.81. The van der Waals surface area contributed by atoms with Crippen molar-refractivity contribution in [1.82, 2.24) is 0 Å². The van der Waals surface area contributed by atoms with E-state index in [9.17, 15) is 9.59 Å². The van der Waals surface area contributed by atoms with E-state index in [0.29, 0.717) is 37.2 Å². The largest absolute Gasteiger partial charge is 0.300 e. The van der Waals surface area contributed by atoms with Crippen LogP contribution in [0.5, 0.6) is 0 Å². The minimum absolute atomic E-state index is 0.230. The Balaban J connectivity index is 3.68. The van der Waals surface area contributed by atoms with Gasteiger partial charge in [0.2, 0.25) is 0 Å². The summed E-state index contributed by atoms with van der Waals surface area (Å²) in [6.07, 6.45) is 4.29. The number of rotatable bonds is 8. The van der Waals surface area contributed by atoms with Gasteiger partial charge in [0.25, 0.3) is 0 Å². The monoisotopic (exact) mass is 198 g/mol. The highest BCUT2D eigenvalue weighted by atomic mass is 16.1. The van der Waals surface area contributed by atoms with Gasteiger partial charge in [-0.1, -0.05) is 20.8 Å². The highest BCUT2D eigenvalue weighted by Crippen LogP contribution is 2.12. The molecular weight excluding hydrogens is 176 g/mol. The number of hydrogen-bond acceptors (Lipinski definition) is 2. The Hall–Kier alpha value is -0.660. The molecule has 0 bridgehead atoms. The Morgan fingerprint density at radius 2 is 1.29 bits per heavy atom. The van der Waals surface area contributed by atoms with E-state index in [-0.39, 0.29) is 5.92 Å². The molecule has 2 nitrogen and oxygen atoms in total. The van der Waals surface area contributed by atoms with Gasteiger partial charge in [-0.05, 0) is 18.8 Å². The lowest BCUT2D eigenvalue weighted by Crippen LogP contribution is -2.10. The lowest BCUT2D eigenvalue weighted by atomic mass is 9.95. The molecule has 0 aliphatic heterocycles. The van der Waals surface area contributed by atoms with Crippen LogP contribution in [0.2, 0.25) is 0 Å². The maximum absolute atomic E-state index is 11.3. The van der Waals surface area contributed by atoms with E-state index < -0.39 is 0 Å². The van der Waals surface area contributed by atoms with Crippen LogP contribution in [0.4, 0.5) is 0 Å². The minimum atomic E-state index is 0.230. The van der Waals surface area contributed by atoms with Crippen molar-refractivity contribution < 1.29 is 9.59 Å². The van der Waals surface area contributed by atoms with Gasteiger partial charge in [-0.15, -0.1) is 0 Å². The van der Waals surface area contributed by atoms with Crippen molar-refractivity contribution in [2.24, 2.45) is 5.92 Å². The normalized spacial score (nSPS) is 10.6. The molecule has 0 aromatic heterocycles. The number of hydrogen-bond donors (Lipinski definition) is 0. The van der Waals surface area contributed by atoms with E-state index >= 15 is 0 Å². The average Bonchev–Trinajstić information content (AvgIpc) is 2.03. The molecule has 0 fully saturated rings. The number of Topliss-reactive ketones (excluding diaryl/α,β-unsaturated/α-hetero) is 2. The molecule has 0 aliphatic rings. The summed E-state index contributed by atoms with van der Waals surface area (Å²) in [5.74, 6) is 0.821. The highest BCUT2D eigenvalue weighted by Gasteiger charge is 2.11. The first-order valence-corrected chi connectivity index (χ1v) is 5.63. The molecule has 0 saturated heterocycles. The summed E-state index contributed by atoms with van der Waals surface area (Å²) in [7, 11) is 0. The van der Waals surface area contributed by atoms with Gasteiger partial charge in [-0.2, -0.15) is 0 Å². The fourth-order valence-electron chi connectivity index (χ4n) is 1.61. The van der Waals surface area contributed by atoms with Crippen molar-refractivity contribution >= 4 is 11.6 Å². The molecule has 82 valence electrons. The van der Waals surface area contributed by atoms with Crippen LogP contribution < -0.4 is 0 Å². The van der Waals surface area contributed by atoms with Crippen LogP contribution >= 0.6 is 0 Å². The van der Waals surface area contributed by atoms with Gasteiger partial charge in [0.05, 0.1) is 0 Å². The van der Waals surface area contributed by atoms with Gasteiger partial charge in [-0.3, -0.25) is 9.59 Å². The predicted octanol–water partition coefficient (Wildman–Crippen LogP) is 3.14. The maximum atomic E-state index is 11.3. The van der Waals surface area contributed by atoms with E-state index in [0.717, 1.165) is 12.8 Å². The molecule has 14 heavy (non-hydrogen) atoms. The lowest BCUT2D eigenvalue weighted by Gasteiger charge is -2.08. The summed E-state index contributed by atoms with van der Waals surface area (Å²) in [4.78, 5) is 22.6. The standard InChI is InChI=1S/C12H22O2/c1-4-6-11(13)8-10(3)9-12(14)7-5-2/h10H,4-9H2,1-3H3. The first kappa shape index (κ1) is 13.3. The quantitative estimate of drug-likeness (QED) is 0.600. The van der Waals surface area contributed by atoms with Crippen molar-refractivity contribution in [2.45, 2.75) is 59.3 Å². The number of ketones is 2. The van der Waals surface area contributed by atoms with Crippen molar-refractivity contribution in [2.75, 3.05) is 0 Å². The summed E-state index contributed by atoms with van der Waals surface area (Å²) >= 11 is 0. The predicted molar refractivity (Wildman–Crippen MR) is 58.2 cm³/mol. The van der Waals surface area contributed by atoms with Crippen LogP contribution in [0.15, 0.2) is 0 Å². The number of carbonyl (C=O) groups excluding carboxylic acids is 2. The molecule has 0 amide bonds. The Morgan fingerprint density at radius 1 is 0.929 bits per heavy atom. The molecule has 2 heteroatoms. The van der Waals surface area contributed by atoms with E-state index in [1.807, 2.05) is 20.8 Å². The van der Waals surface area contributed by atoms with Gasteiger partial charge < -0.3 is 0 Å². The van der Waals surface area contributed by atoms with Gasteiger partial charge in [-0.25, -0.2) is 0 Å². The first-order valence-electron chi connectivity index (χ1n) is 5.63. The minimum Gasteiger partial charge on any atom is -0.300 e. The summed E-state index contributed by atoms with van der Waals surface area (Å²) < 4.78 is 0. The van der Waals surface area contributed by atoms with Crippen molar-refractivity contribution in [3.05, 3.63) is 0 Å². The van der Waals surface area contributed by atoms with Crippen molar-refractivity contribution in [3.8, 4) is 0 Å². The summed E-state index contributed by atoms with van der Waals surface area (Å²) in [5.41, 5.74) is 0. The number of carbonyl (C=O) groups is 2. The van der Waals surface area contributed by atoms with Crippen LogP contribution in [0.3, 0.4) is 0 Å². The summed E-state index contributed by atoms with van der Waals surface area (Å²) in [5, 5.41) is 0. The second-order valence-corrected chi connectivity index (χ2v) is 4.09. The third-order valence-corrected chi connectivity index (χ3v) is 2.21. The van der Waals surface area contributed by atoms with Crippen molar-refractivity contribution in [3.63, 3.8) is 0 Å².